The minimum atomic E-state index is -0.684. The molecule has 228 valence electrons. The number of hydrogen-bond donors (Lipinski definition) is 0. The van der Waals surface area contributed by atoms with Crippen molar-refractivity contribution in [2.24, 2.45) is 0 Å². The van der Waals surface area contributed by atoms with Gasteiger partial charge >= 0.3 is 18.1 Å². The summed E-state index contributed by atoms with van der Waals surface area (Å²) in [7, 11) is 0. The third-order valence-electron chi connectivity index (χ3n) is 7.91. The first-order chi connectivity index (χ1) is 20.2. The Hall–Kier alpha value is -3.43. The summed E-state index contributed by atoms with van der Waals surface area (Å²) in [4.78, 5) is 57.8. The van der Waals surface area contributed by atoms with Crippen LogP contribution >= 0.6 is 0 Å². The summed E-state index contributed by atoms with van der Waals surface area (Å²) < 4.78 is 11.0. The van der Waals surface area contributed by atoms with Crippen LogP contribution in [-0.2, 0) is 29.0 Å². The van der Waals surface area contributed by atoms with Crippen molar-refractivity contribution in [3.63, 3.8) is 0 Å². The Morgan fingerprint density at radius 3 is 1.14 bits per heavy atom. The van der Waals surface area contributed by atoms with Crippen molar-refractivity contribution in [2.75, 3.05) is 0 Å². The molecule has 0 N–H and O–H groups in total. The lowest BCUT2D eigenvalue weighted by atomic mass is 9.95. The van der Waals surface area contributed by atoms with Gasteiger partial charge in [0.15, 0.2) is 0 Å². The van der Waals surface area contributed by atoms with Crippen LogP contribution in [0.2, 0.25) is 0 Å². The zero-order valence-electron chi connectivity index (χ0n) is 24.9. The lowest BCUT2D eigenvalue weighted by Gasteiger charge is -2.29. The van der Waals surface area contributed by atoms with Gasteiger partial charge in [0.1, 0.15) is 24.4 Å². The van der Waals surface area contributed by atoms with Gasteiger partial charge in [-0.25, -0.2) is 14.4 Å². The molecule has 0 spiro atoms. The molecule has 2 aliphatic rings. The molecule has 0 aliphatic heterocycles. The monoisotopic (exact) mass is 582 g/mol. The fraction of sp³-hybridized carbons (Fsp3) is 0.545. The molecule has 0 unspecified atom stereocenters. The highest BCUT2D eigenvalue weighted by molar-refractivity contribution is 5.89. The summed E-state index contributed by atoms with van der Waals surface area (Å²) in [6.07, 6.45) is 3.03. The van der Waals surface area contributed by atoms with Crippen molar-refractivity contribution in [1.82, 2.24) is 0 Å². The number of ether oxygens (including phenoxy) is 2. The molecule has 9 nitrogen and oxygen atoms in total. The van der Waals surface area contributed by atoms with Gasteiger partial charge in [-0.15, -0.1) is 0 Å². The first kappa shape index (κ1) is 31.5. The Morgan fingerprint density at radius 2 is 0.833 bits per heavy atom. The second-order valence-electron chi connectivity index (χ2n) is 11.8. The van der Waals surface area contributed by atoms with Gasteiger partial charge in [0.2, 0.25) is 0 Å². The van der Waals surface area contributed by atoms with Crippen LogP contribution < -0.4 is 0 Å². The van der Waals surface area contributed by atoms with Gasteiger partial charge in [0.25, 0.3) is 0 Å². The second-order valence-corrected chi connectivity index (χ2v) is 11.8. The van der Waals surface area contributed by atoms with E-state index in [0.29, 0.717) is 74.3 Å². The highest BCUT2D eigenvalue weighted by Crippen LogP contribution is 2.27. The van der Waals surface area contributed by atoms with E-state index in [0.717, 1.165) is 11.1 Å². The molecular weight excluding hydrogens is 540 g/mol. The summed E-state index contributed by atoms with van der Waals surface area (Å²) >= 11 is 0. The lowest BCUT2D eigenvalue weighted by Crippen LogP contribution is -2.32. The van der Waals surface area contributed by atoms with Crippen molar-refractivity contribution < 1.29 is 43.4 Å². The Labute approximate surface area is 247 Å². The summed E-state index contributed by atoms with van der Waals surface area (Å²) in [5, 5.41) is 0. The van der Waals surface area contributed by atoms with E-state index in [4.69, 9.17) is 29.0 Å². The highest BCUT2D eigenvalue weighted by atomic mass is 17.2. The van der Waals surface area contributed by atoms with Gasteiger partial charge in [0.05, 0.1) is 11.1 Å². The van der Waals surface area contributed by atoms with Crippen LogP contribution in [0.1, 0.15) is 123 Å². The molecule has 2 aromatic rings. The molecule has 0 heterocycles. The molecule has 42 heavy (non-hydrogen) atoms. The summed E-state index contributed by atoms with van der Waals surface area (Å²) in [6.45, 7) is 8.36. The molecule has 0 saturated heterocycles. The van der Waals surface area contributed by atoms with Crippen LogP contribution in [0.25, 0.3) is 0 Å². The fourth-order valence-electron chi connectivity index (χ4n) is 5.12. The standard InChI is InChI=1S/C33H42O9/c1-21(2)23-5-9-25(10-6-23)31(34)41-39-29-17-13-27(14-18-29)37-33(36)38-28-15-19-30(20-16-28)40-42-32(35)26-11-7-24(8-12-26)22(3)4/h5-12,21-22,27-30H,13-20H2,1-4H3. The molecule has 2 fully saturated rings. The van der Waals surface area contributed by atoms with Crippen molar-refractivity contribution in [3.8, 4) is 0 Å². The van der Waals surface area contributed by atoms with Crippen molar-refractivity contribution in [3.05, 3.63) is 70.8 Å². The van der Waals surface area contributed by atoms with Gasteiger partial charge < -0.3 is 9.47 Å². The molecule has 2 aromatic carbocycles. The number of benzene rings is 2. The average Bonchev–Trinajstić information content (AvgIpc) is 3.00. The second kappa shape index (κ2) is 15.2. The van der Waals surface area contributed by atoms with E-state index in [1.807, 2.05) is 24.3 Å². The SMILES string of the molecule is CC(C)c1ccc(C(=O)OOC2CCC(OC(=O)OC3CCC(OOC(=O)c4ccc(C(C)C)cc4)CC3)CC2)cc1. The quantitative estimate of drug-likeness (QED) is 0.159. The van der Waals surface area contributed by atoms with Gasteiger partial charge in [-0.1, -0.05) is 52.0 Å². The average molecular weight is 583 g/mol. The molecule has 0 amide bonds. The van der Waals surface area contributed by atoms with Crippen LogP contribution in [0.3, 0.4) is 0 Å². The predicted octanol–water partition coefficient (Wildman–Crippen LogP) is 7.59. The summed E-state index contributed by atoms with van der Waals surface area (Å²) in [6, 6.07) is 14.6. The summed E-state index contributed by atoms with van der Waals surface area (Å²) in [5.74, 6) is -0.287. The maximum atomic E-state index is 12.4. The minimum absolute atomic E-state index is 0.247. The van der Waals surface area contributed by atoms with E-state index >= 15 is 0 Å². The molecule has 0 atom stereocenters. The lowest BCUT2D eigenvalue weighted by molar-refractivity contribution is -0.282. The topological polar surface area (TPSA) is 107 Å². The third-order valence-corrected chi connectivity index (χ3v) is 7.91. The van der Waals surface area contributed by atoms with E-state index in [9.17, 15) is 14.4 Å². The molecule has 4 rings (SSSR count). The zero-order chi connectivity index (χ0) is 30.1. The van der Waals surface area contributed by atoms with E-state index < -0.39 is 18.1 Å². The van der Waals surface area contributed by atoms with E-state index in [2.05, 4.69) is 27.7 Å². The number of carbonyl (C=O) groups is 3. The Balaban J connectivity index is 1.07. The van der Waals surface area contributed by atoms with Gasteiger partial charge in [-0.05, 0) is 98.6 Å². The van der Waals surface area contributed by atoms with Crippen LogP contribution in [0.4, 0.5) is 4.79 Å². The van der Waals surface area contributed by atoms with Crippen LogP contribution in [-0.4, -0.2) is 42.5 Å². The molecular formula is C33H42O9. The normalized spacial score (nSPS) is 22.4. The number of hydrogen-bond acceptors (Lipinski definition) is 9. The molecule has 9 heteroatoms. The summed E-state index contributed by atoms with van der Waals surface area (Å²) in [5.41, 5.74) is 3.17. The predicted molar refractivity (Wildman–Crippen MR) is 154 cm³/mol. The minimum Gasteiger partial charge on any atom is -0.431 e. The van der Waals surface area contributed by atoms with Gasteiger partial charge in [-0.2, -0.15) is 9.78 Å². The molecule has 0 radical (unpaired) electrons. The Bertz CT molecular complexity index is 1070. The van der Waals surface area contributed by atoms with E-state index in [1.54, 1.807) is 24.3 Å². The third kappa shape index (κ3) is 9.29. The van der Waals surface area contributed by atoms with Crippen molar-refractivity contribution in [1.29, 1.82) is 0 Å². The Morgan fingerprint density at radius 1 is 0.524 bits per heavy atom. The largest absolute Gasteiger partial charge is 0.508 e. The van der Waals surface area contributed by atoms with Gasteiger partial charge in [-0.3, -0.25) is 9.78 Å². The van der Waals surface area contributed by atoms with Crippen LogP contribution in [0, 0.1) is 0 Å². The Kier molecular flexibility index (Phi) is 11.4. The molecule has 2 aliphatic carbocycles. The van der Waals surface area contributed by atoms with E-state index in [-0.39, 0.29) is 24.4 Å². The maximum absolute atomic E-state index is 12.4. The fourth-order valence-corrected chi connectivity index (χ4v) is 5.12. The van der Waals surface area contributed by atoms with Gasteiger partial charge in [0, 0.05) is 0 Å². The van der Waals surface area contributed by atoms with Crippen molar-refractivity contribution in [2.45, 2.75) is 115 Å². The number of rotatable bonds is 10. The smallest absolute Gasteiger partial charge is 0.431 e. The zero-order valence-corrected chi connectivity index (χ0v) is 24.9. The molecule has 2 saturated carbocycles. The maximum Gasteiger partial charge on any atom is 0.508 e. The first-order valence-electron chi connectivity index (χ1n) is 15.0. The number of carbonyl (C=O) groups excluding carboxylic acids is 3. The van der Waals surface area contributed by atoms with Crippen molar-refractivity contribution >= 4 is 18.1 Å². The van der Waals surface area contributed by atoms with E-state index in [1.165, 1.54) is 0 Å². The van der Waals surface area contributed by atoms with Crippen LogP contribution in [0.15, 0.2) is 48.5 Å². The van der Waals surface area contributed by atoms with Crippen LogP contribution in [0.5, 0.6) is 0 Å². The molecule has 0 aromatic heterocycles. The molecule has 0 bridgehead atoms. The first-order valence-corrected chi connectivity index (χ1v) is 15.0. The highest BCUT2D eigenvalue weighted by Gasteiger charge is 2.30.